The normalized spacial score (nSPS) is 15.6. The van der Waals surface area contributed by atoms with Crippen LogP contribution in [0.1, 0.15) is 31.2 Å². The summed E-state index contributed by atoms with van der Waals surface area (Å²) in [6.07, 6.45) is 4.34. The van der Waals surface area contributed by atoms with Crippen molar-refractivity contribution < 1.29 is 14.6 Å². The first kappa shape index (κ1) is 12.7. The highest BCUT2D eigenvalue weighted by molar-refractivity contribution is 5.87. The molecule has 3 nitrogen and oxygen atoms in total. The van der Waals surface area contributed by atoms with Crippen molar-refractivity contribution in [2.75, 3.05) is 7.11 Å². The van der Waals surface area contributed by atoms with Crippen LogP contribution in [-0.2, 0) is 11.2 Å². The number of carboxylic acids is 1. The number of hydrogen-bond acceptors (Lipinski definition) is 2. The van der Waals surface area contributed by atoms with Crippen LogP contribution in [0.3, 0.4) is 0 Å². The van der Waals surface area contributed by atoms with E-state index in [2.05, 4.69) is 0 Å². The van der Waals surface area contributed by atoms with Crippen molar-refractivity contribution >= 4 is 5.97 Å². The number of aliphatic carboxylic acids is 1. The average Bonchev–Trinajstić information content (AvgIpc) is 2.40. The van der Waals surface area contributed by atoms with Gasteiger partial charge in [-0.2, -0.15) is 0 Å². The summed E-state index contributed by atoms with van der Waals surface area (Å²) in [4.78, 5) is 11.2. The fourth-order valence-electron chi connectivity index (χ4n) is 2.50. The summed E-state index contributed by atoms with van der Waals surface area (Å²) in [5.41, 5.74) is 2.72. The molecule has 0 fully saturated rings. The minimum absolute atomic E-state index is 0.604. The molecular weight excluding hydrogens is 228 g/mol. The lowest BCUT2D eigenvalue weighted by Gasteiger charge is -2.18. The van der Waals surface area contributed by atoms with Gasteiger partial charge < -0.3 is 9.84 Å². The zero-order valence-corrected chi connectivity index (χ0v) is 10.6. The van der Waals surface area contributed by atoms with E-state index in [0.29, 0.717) is 18.4 Å². The number of rotatable bonds is 4. The second kappa shape index (κ2) is 5.71. The van der Waals surface area contributed by atoms with Crippen molar-refractivity contribution in [1.29, 1.82) is 0 Å². The van der Waals surface area contributed by atoms with E-state index in [1.165, 1.54) is 0 Å². The van der Waals surface area contributed by atoms with Gasteiger partial charge in [-0.25, -0.2) is 4.79 Å². The first-order valence-electron chi connectivity index (χ1n) is 6.28. The molecule has 0 saturated carbocycles. The van der Waals surface area contributed by atoms with E-state index in [1.807, 2.05) is 24.3 Å². The Morgan fingerprint density at radius 3 is 2.72 bits per heavy atom. The smallest absolute Gasteiger partial charge is 0.331 e. The highest BCUT2D eigenvalue weighted by Gasteiger charge is 2.19. The molecular formula is C15H18O3. The van der Waals surface area contributed by atoms with E-state index in [9.17, 15) is 9.90 Å². The van der Waals surface area contributed by atoms with Crippen LogP contribution < -0.4 is 4.74 Å². The summed E-state index contributed by atoms with van der Waals surface area (Å²) in [6, 6.07) is 7.80. The molecule has 3 heteroatoms. The Bertz CT molecular complexity index is 474. The molecule has 0 aliphatic heterocycles. The second-order valence-electron chi connectivity index (χ2n) is 4.58. The second-order valence-corrected chi connectivity index (χ2v) is 4.58. The SMILES string of the molecule is COc1ccccc1CC1=C(C(=O)O)CCCC1. The van der Waals surface area contributed by atoms with Gasteiger partial charge in [0, 0.05) is 5.57 Å². The van der Waals surface area contributed by atoms with Gasteiger partial charge in [0.2, 0.25) is 0 Å². The molecule has 1 aromatic rings. The third-order valence-corrected chi connectivity index (χ3v) is 3.44. The number of allylic oxidation sites excluding steroid dienone is 1. The van der Waals surface area contributed by atoms with E-state index in [-0.39, 0.29) is 0 Å². The van der Waals surface area contributed by atoms with Crippen molar-refractivity contribution in [1.82, 2.24) is 0 Å². The van der Waals surface area contributed by atoms with E-state index in [1.54, 1.807) is 7.11 Å². The standard InChI is InChI=1S/C15H18O3/c1-18-14-9-5-3-7-12(14)10-11-6-2-4-8-13(11)15(16)17/h3,5,7,9H,2,4,6,8,10H2,1H3,(H,16,17). The zero-order valence-electron chi connectivity index (χ0n) is 10.6. The quantitative estimate of drug-likeness (QED) is 0.887. The third kappa shape index (κ3) is 2.73. The number of ether oxygens (including phenoxy) is 1. The Balaban J connectivity index is 2.28. The van der Waals surface area contributed by atoms with Crippen LogP contribution >= 0.6 is 0 Å². The molecule has 0 aromatic heterocycles. The van der Waals surface area contributed by atoms with Gasteiger partial charge in [0.25, 0.3) is 0 Å². The molecule has 0 amide bonds. The van der Waals surface area contributed by atoms with Gasteiger partial charge in [0.15, 0.2) is 0 Å². The Morgan fingerprint density at radius 2 is 2.00 bits per heavy atom. The molecule has 0 atom stereocenters. The molecule has 1 N–H and O–H groups in total. The summed E-state index contributed by atoms with van der Waals surface area (Å²) in [6.45, 7) is 0. The molecule has 18 heavy (non-hydrogen) atoms. The Labute approximate surface area is 107 Å². The lowest BCUT2D eigenvalue weighted by molar-refractivity contribution is -0.133. The summed E-state index contributed by atoms with van der Waals surface area (Å²) in [7, 11) is 1.65. The fraction of sp³-hybridized carbons (Fsp3) is 0.400. The molecule has 1 aliphatic rings. The van der Waals surface area contributed by atoms with Gasteiger partial charge in [-0.1, -0.05) is 23.8 Å². The van der Waals surface area contributed by atoms with Crippen LogP contribution in [0.15, 0.2) is 35.4 Å². The van der Waals surface area contributed by atoms with E-state index < -0.39 is 5.97 Å². The Kier molecular flexibility index (Phi) is 4.03. The van der Waals surface area contributed by atoms with Gasteiger partial charge in [0.05, 0.1) is 7.11 Å². The first-order valence-corrected chi connectivity index (χ1v) is 6.28. The number of hydrogen-bond donors (Lipinski definition) is 1. The predicted octanol–water partition coefficient (Wildman–Crippen LogP) is 3.19. The monoisotopic (exact) mass is 246 g/mol. The van der Waals surface area contributed by atoms with Crippen molar-refractivity contribution in [2.45, 2.75) is 32.1 Å². The molecule has 0 heterocycles. The van der Waals surface area contributed by atoms with Crippen LogP contribution in [-0.4, -0.2) is 18.2 Å². The Morgan fingerprint density at radius 1 is 1.28 bits per heavy atom. The zero-order chi connectivity index (χ0) is 13.0. The molecule has 96 valence electrons. The van der Waals surface area contributed by atoms with Crippen molar-refractivity contribution in [3.8, 4) is 5.75 Å². The molecule has 0 unspecified atom stereocenters. The average molecular weight is 246 g/mol. The minimum atomic E-state index is -0.764. The molecule has 0 radical (unpaired) electrons. The predicted molar refractivity (Wildman–Crippen MR) is 69.8 cm³/mol. The number of carboxylic acid groups (broad SMARTS) is 1. The number of para-hydroxylation sites is 1. The lowest BCUT2D eigenvalue weighted by Crippen LogP contribution is -2.11. The molecule has 1 aromatic carbocycles. The topological polar surface area (TPSA) is 46.5 Å². The summed E-state index contributed by atoms with van der Waals surface area (Å²) in [5.74, 6) is 0.0694. The van der Waals surface area contributed by atoms with Crippen molar-refractivity contribution in [3.63, 3.8) is 0 Å². The largest absolute Gasteiger partial charge is 0.496 e. The summed E-state index contributed by atoms with van der Waals surface area (Å²) in [5, 5.41) is 9.22. The maximum Gasteiger partial charge on any atom is 0.331 e. The van der Waals surface area contributed by atoms with E-state index >= 15 is 0 Å². The molecule has 0 bridgehead atoms. The van der Waals surface area contributed by atoms with E-state index in [0.717, 1.165) is 36.1 Å². The van der Waals surface area contributed by atoms with E-state index in [4.69, 9.17) is 4.74 Å². The van der Waals surface area contributed by atoms with Gasteiger partial charge in [-0.15, -0.1) is 0 Å². The molecule has 1 aliphatic carbocycles. The highest BCUT2D eigenvalue weighted by Crippen LogP contribution is 2.30. The van der Waals surface area contributed by atoms with Gasteiger partial charge >= 0.3 is 5.97 Å². The summed E-state index contributed by atoms with van der Waals surface area (Å²) >= 11 is 0. The maximum atomic E-state index is 11.2. The molecule has 0 saturated heterocycles. The van der Waals surface area contributed by atoms with Crippen LogP contribution in [0.5, 0.6) is 5.75 Å². The highest BCUT2D eigenvalue weighted by atomic mass is 16.5. The number of carbonyl (C=O) groups is 1. The summed E-state index contributed by atoms with van der Waals surface area (Å²) < 4.78 is 5.31. The number of methoxy groups -OCH3 is 1. The Hall–Kier alpha value is -1.77. The van der Waals surface area contributed by atoms with Gasteiger partial charge in [-0.05, 0) is 43.7 Å². The van der Waals surface area contributed by atoms with Crippen LogP contribution in [0, 0.1) is 0 Å². The van der Waals surface area contributed by atoms with Gasteiger partial charge in [0.1, 0.15) is 5.75 Å². The van der Waals surface area contributed by atoms with Gasteiger partial charge in [-0.3, -0.25) is 0 Å². The van der Waals surface area contributed by atoms with Crippen molar-refractivity contribution in [3.05, 3.63) is 41.0 Å². The molecule has 0 spiro atoms. The minimum Gasteiger partial charge on any atom is -0.496 e. The number of benzene rings is 1. The molecule has 2 rings (SSSR count). The first-order chi connectivity index (χ1) is 8.72. The van der Waals surface area contributed by atoms with Crippen LogP contribution in [0.25, 0.3) is 0 Å². The maximum absolute atomic E-state index is 11.2. The van der Waals surface area contributed by atoms with Crippen molar-refractivity contribution in [2.24, 2.45) is 0 Å². The van der Waals surface area contributed by atoms with Crippen LogP contribution in [0.4, 0.5) is 0 Å². The lowest BCUT2D eigenvalue weighted by atomic mass is 9.88. The third-order valence-electron chi connectivity index (χ3n) is 3.44. The fourth-order valence-corrected chi connectivity index (χ4v) is 2.50. The van der Waals surface area contributed by atoms with Crippen LogP contribution in [0.2, 0.25) is 0 Å².